The van der Waals surface area contributed by atoms with Gasteiger partial charge in [0.25, 0.3) is 0 Å². The fourth-order valence-electron chi connectivity index (χ4n) is 0.500. The largest absolute Gasteiger partial charge is 0.344 e. The van der Waals surface area contributed by atoms with Crippen molar-refractivity contribution in [3.05, 3.63) is 21.9 Å². The first-order chi connectivity index (χ1) is 3.70. The molecule has 0 radical (unpaired) electrons. The van der Waals surface area contributed by atoms with E-state index in [2.05, 4.69) is 15.9 Å². The molecule has 3 heteroatoms. The van der Waals surface area contributed by atoms with Crippen LogP contribution in [0.25, 0.3) is 0 Å². The molecule has 0 fully saturated rings. The monoisotopic (exact) mass is 193 g/mol. The van der Waals surface area contributed by atoms with Crippen molar-refractivity contribution in [2.45, 2.75) is 0 Å². The number of aromatic nitrogens is 1. The van der Waals surface area contributed by atoms with Crippen LogP contribution in [0.4, 0.5) is 0 Å². The highest BCUT2D eigenvalue weighted by Crippen LogP contribution is 2.16. The van der Waals surface area contributed by atoms with Gasteiger partial charge in [0, 0.05) is 13.2 Å². The molecule has 8 heavy (non-hydrogen) atoms. The molecule has 0 atom stereocenters. The topological polar surface area (TPSA) is 4.93 Å². The third-order valence-corrected chi connectivity index (χ3v) is 1.91. The lowest BCUT2D eigenvalue weighted by atomic mass is 10.7. The molecule has 0 saturated carbocycles. The zero-order valence-electron chi connectivity index (χ0n) is 4.36. The first-order valence-electron chi connectivity index (χ1n) is 2.17. The molecule has 0 N–H and O–H groups in total. The third kappa shape index (κ3) is 1.06. The van der Waals surface area contributed by atoms with Gasteiger partial charge >= 0.3 is 0 Å². The summed E-state index contributed by atoms with van der Waals surface area (Å²) in [7, 11) is 1.93. The summed E-state index contributed by atoms with van der Waals surface area (Å²) in [6.07, 6.45) is 1.84. The molecule has 0 unspecified atom stereocenters. The lowest BCUT2D eigenvalue weighted by Gasteiger charge is -1.87. The maximum absolute atomic E-state index is 5.61. The van der Waals surface area contributed by atoms with Gasteiger partial charge < -0.3 is 4.57 Å². The highest BCUT2D eigenvalue weighted by molar-refractivity contribution is 9.10. The van der Waals surface area contributed by atoms with Gasteiger partial charge in [0.1, 0.15) is 0 Å². The highest BCUT2D eigenvalue weighted by Gasteiger charge is 1.93. The molecule has 0 aliphatic rings. The predicted molar refractivity (Wildman–Crippen MR) is 38.1 cm³/mol. The van der Waals surface area contributed by atoms with Crippen LogP contribution >= 0.6 is 27.5 Å². The molecule has 0 amide bonds. The van der Waals surface area contributed by atoms with Crippen molar-refractivity contribution in [3.63, 3.8) is 0 Å². The number of hydrogen-bond donors (Lipinski definition) is 0. The van der Waals surface area contributed by atoms with Crippen LogP contribution in [0, 0.1) is 0 Å². The predicted octanol–water partition coefficient (Wildman–Crippen LogP) is 2.44. The average Bonchev–Trinajstić information content (AvgIpc) is 1.85. The van der Waals surface area contributed by atoms with E-state index in [1.54, 1.807) is 0 Å². The third-order valence-electron chi connectivity index (χ3n) is 0.911. The van der Waals surface area contributed by atoms with Crippen molar-refractivity contribution in [1.82, 2.24) is 4.57 Å². The van der Waals surface area contributed by atoms with Crippen LogP contribution in [0.15, 0.2) is 16.9 Å². The summed E-state index contributed by atoms with van der Waals surface area (Å²) in [5.74, 6) is 0. The molecule has 1 rings (SSSR count). The molecule has 1 heterocycles. The van der Waals surface area contributed by atoms with Gasteiger partial charge in [0.15, 0.2) is 0 Å². The zero-order chi connectivity index (χ0) is 6.15. The van der Waals surface area contributed by atoms with Crippen molar-refractivity contribution in [1.29, 1.82) is 0 Å². The van der Waals surface area contributed by atoms with Crippen LogP contribution in [0.2, 0.25) is 5.02 Å². The van der Waals surface area contributed by atoms with E-state index in [0.29, 0.717) is 0 Å². The van der Waals surface area contributed by atoms with Crippen LogP contribution in [0.3, 0.4) is 0 Å². The number of rotatable bonds is 0. The van der Waals surface area contributed by atoms with Gasteiger partial charge in [-0.1, -0.05) is 11.6 Å². The van der Waals surface area contributed by atoms with Gasteiger partial charge in [-0.3, -0.25) is 0 Å². The molecule has 0 aliphatic carbocycles. The Morgan fingerprint density at radius 2 is 2.38 bits per heavy atom. The second kappa shape index (κ2) is 2.11. The molecular formula is C5H5BrClN. The van der Waals surface area contributed by atoms with E-state index in [1.165, 1.54) is 0 Å². The fraction of sp³-hybridized carbons (Fsp3) is 0.200. The quantitative estimate of drug-likeness (QED) is 0.598. The minimum Gasteiger partial charge on any atom is -0.344 e. The van der Waals surface area contributed by atoms with Crippen molar-refractivity contribution >= 4 is 27.5 Å². The Kier molecular flexibility index (Phi) is 1.63. The Hall–Kier alpha value is 0.0500. The first kappa shape index (κ1) is 6.17. The summed E-state index contributed by atoms with van der Waals surface area (Å²) in [5.41, 5.74) is 0. The van der Waals surface area contributed by atoms with Gasteiger partial charge in [-0.15, -0.1) is 0 Å². The van der Waals surface area contributed by atoms with Crippen LogP contribution in [0.1, 0.15) is 0 Å². The summed E-state index contributed by atoms with van der Waals surface area (Å²) in [6, 6.07) is 1.85. The van der Waals surface area contributed by atoms with E-state index in [1.807, 2.05) is 23.9 Å². The normalized spacial score (nSPS) is 9.88. The van der Waals surface area contributed by atoms with Gasteiger partial charge in [0.05, 0.1) is 9.63 Å². The molecule has 0 bridgehead atoms. The van der Waals surface area contributed by atoms with Crippen LogP contribution < -0.4 is 0 Å². The number of hydrogen-bond acceptors (Lipinski definition) is 0. The van der Waals surface area contributed by atoms with Crippen LogP contribution in [-0.2, 0) is 7.05 Å². The molecule has 0 aliphatic heterocycles. The van der Waals surface area contributed by atoms with Gasteiger partial charge in [-0.25, -0.2) is 0 Å². The maximum atomic E-state index is 5.61. The van der Waals surface area contributed by atoms with Crippen molar-refractivity contribution in [3.8, 4) is 0 Å². The standard InChI is InChI=1S/C5H5BrClN/c1-8-3-4(7)2-5(8)6/h2-3H,1H3. The molecule has 0 saturated heterocycles. The Balaban J connectivity index is 3.14. The Bertz CT molecular complexity index is 175. The lowest BCUT2D eigenvalue weighted by Crippen LogP contribution is -1.80. The minimum atomic E-state index is 0.763. The van der Waals surface area contributed by atoms with Crippen LogP contribution in [-0.4, -0.2) is 4.57 Å². The van der Waals surface area contributed by atoms with Gasteiger partial charge in [-0.05, 0) is 22.0 Å². The van der Waals surface area contributed by atoms with Crippen LogP contribution in [0.5, 0.6) is 0 Å². The van der Waals surface area contributed by atoms with Gasteiger partial charge in [0.2, 0.25) is 0 Å². The van der Waals surface area contributed by atoms with E-state index in [9.17, 15) is 0 Å². The fourth-order valence-corrected chi connectivity index (χ4v) is 1.23. The molecule has 1 nitrogen and oxygen atoms in total. The van der Waals surface area contributed by atoms with E-state index in [0.717, 1.165) is 9.63 Å². The summed E-state index contributed by atoms with van der Waals surface area (Å²) in [6.45, 7) is 0. The van der Waals surface area contributed by atoms with Gasteiger partial charge in [-0.2, -0.15) is 0 Å². The maximum Gasteiger partial charge on any atom is 0.0859 e. The van der Waals surface area contributed by atoms with E-state index in [4.69, 9.17) is 11.6 Å². The molecule has 0 spiro atoms. The van der Waals surface area contributed by atoms with Crippen molar-refractivity contribution in [2.75, 3.05) is 0 Å². The minimum absolute atomic E-state index is 0.763. The molecule has 44 valence electrons. The SMILES string of the molecule is Cn1cc(Cl)cc1Br. The second-order valence-electron chi connectivity index (χ2n) is 1.59. The highest BCUT2D eigenvalue weighted by atomic mass is 79.9. The average molecular weight is 194 g/mol. The summed E-state index contributed by atoms with van der Waals surface area (Å²) < 4.78 is 2.91. The van der Waals surface area contributed by atoms with Crippen molar-refractivity contribution < 1.29 is 0 Å². The summed E-state index contributed by atoms with van der Waals surface area (Å²) in [4.78, 5) is 0. The molecule has 0 aromatic carbocycles. The molecule has 1 aromatic rings. The Labute approximate surface area is 61.4 Å². The van der Waals surface area contributed by atoms with E-state index >= 15 is 0 Å². The number of aryl methyl sites for hydroxylation is 1. The first-order valence-corrected chi connectivity index (χ1v) is 3.34. The lowest BCUT2D eigenvalue weighted by molar-refractivity contribution is 0.902. The smallest absolute Gasteiger partial charge is 0.0859 e. The second-order valence-corrected chi connectivity index (χ2v) is 2.84. The zero-order valence-corrected chi connectivity index (χ0v) is 6.70. The Morgan fingerprint density at radius 1 is 1.75 bits per heavy atom. The molecular weight excluding hydrogens is 189 g/mol. The van der Waals surface area contributed by atoms with E-state index < -0.39 is 0 Å². The summed E-state index contributed by atoms with van der Waals surface area (Å²) in [5, 5.41) is 0.763. The van der Waals surface area contributed by atoms with E-state index in [-0.39, 0.29) is 0 Å². The number of nitrogens with zero attached hydrogens (tertiary/aromatic N) is 1. The summed E-state index contributed by atoms with van der Waals surface area (Å²) >= 11 is 8.91. The van der Waals surface area contributed by atoms with Crippen molar-refractivity contribution in [2.24, 2.45) is 7.05 Å². The Morgan fingerprint density at radius 3 is 2.50 bits per heavy atom. The molecule has 1 aromatic heterocycles. The number of halogens is 2.